The number of urea groups is 1. The number of hydrogen-bond acceptors (Lipinski definition) is 8. The van der Waals surface area contributed by atoms with E-state index in [1.54, 1.807) is 38.2 Å². The van der Waals surface area contributed by atoms with Crippen molar-refractivity contribution in [3.63, 3.8) is 0 Å². The normalized spacial score (nSPS) is 12.2. The molecule has 0 aliphatic carbocycles. The van der Waals surface area contributed by atoms with Crippen LogP contribution in [0.5, 0.6) is 5.19 Å². The standard InChI is InChI=1S/C13H16N8O2S/c1-8(21-7-16-9-5-14-6-15-10(9)21)23-12-18-17-11(24-12)20(4)13(22)19(2)3/h5-8H,1-4H3. The number of ether oxygens (including phenoxy) is 1. The van der Waals surface area contributed by atoms with Gasteiger partial charge in [-0.1, -0.05) is 5.10 Å². The number of hydrogen-bond donors (Lipinski definition) is 0. The molecule has 3 aromatic rings. The number of anilines is 1. The van der Waals surface area contributed by atoms with Gasteiger partial charge in [0, 0.05) is 21.1 Å². The van der Waals surface area contributed by atoms with E-state index in [4.69, 9.17) is 4.74 Å². The molecule has 126 valence electrons. The first-order valence-corrected chi connectivity index (χ1v) is 7.86. The van der Waals surface area contributed by atoms with Gasteiger partial charge in [0.2, 0.25) is 5.13 Å². The van der Waals surface area contributed by atoms with Crippen LogP contribution in [0.3, 0.4) is 0 Å². The van der Waals surface area contributed by atoms with Crippen molar-refractivity contribution in [3.05, 3.63) is 18.9 Å². The average molecular weight is 348 g/mol. The summed E-state index contributed by atoms with van der Waals surface area (Å²) in [5.41, 5.74) is 1.35. The van der Waals surface area contributed by atoms with E-state index in [1.165, 1.54) is 27.5 Å². The van der Waals surface area contributed by atoms with Crippen molar-refractivity contribution >= 4 is 33.7 Å². The lowest BCUT2D eigenvalue weighted by atomic mass is 10.5. The van der Waals surface area contributed by atoms with Crippen molar-refractivity contribution in [1.82, 2.24) is 34.6 Å². The molecule has 0 fully saturated rings. The van der Waals surface area contributed by atoms with Crippen molar-refractivity contribution < 1.29 is 9.53 Å². The third-order valence-corrected chi connectivity index (χ3v) is 4.14. The molecular formula is C13H16N8O2S. The van der Waals surface area contributed by atoms with Gasteiger partial charge in [-0.3, -0.25) is 9.47 Å². The Hall–Kier alpha value is -2.82. The molecule has 2 amide bonds. The SMILES string of the molecule is CC(Oc1nnc(N(C)C(=O)N(C)C)s1)n1cnc2cncnc21. The van der Waals surface area contributed by atoms with E-state index in [0.717, 1.165) is 0 Å². The largest absolute Gasteiger partial charge is 0.445 e. The van der Waals surface area contributed by atoms with Crippen molar-refractivity contribution in [2.45, 2.75) is 13.2 Å². The third-order valence-electron chi connectivity index (χ3n) is 3.25. The summed E-state index contributed by atoms with van der Waals surface area (Å²) in [4.78, 5) is 27.2. The molecule has 3 rings (SSSR count). The van der Waals surface area contributed by atoms with Gasteiger partial charge in [-0.05, 0) is 18.3 Å². The second-order valence-corrected chi connectivity index (χ2v) is 6.11. The molecule has 3 aromatic heterocycles. The van der Waals surface area contributed by atoms with E-state index >= 15 is 0 Å². The maximum absolute atomic E-state index is 11.9. The van der Waals surface area contributed by atoms with Crippen LogP contribution in [0, 0.1) is 0 Å². The van der Waals surface area contributed by atoms with Crippen LogP contribution in [0.15, 0.2) is 18.9 Å². The number of rotatable bonds is 4. The first-order valence-electron chi connectivity index (χ1n) is 7.05. The van der Waals surface area contributed by atoms with Crippen LogP contribution in [0.4, 0.5) is 9.93 Å². The fourth-order valence-corrected chi connectivity index (χ4v) is 2.74. The summed E-state index contributed by atoms with van der Waals surface area (Å²) in [5, 5.41) is 8.77. The van der Waals surface area contributed by atoms with Gasteiger partial charge in [-0.15, -0.1) is 5.10 Å². The highest BCUT2D eigenvalue weighted by atomic mass is 32.1. The van der Waals surface area contributed by atoms with Gasteiger partial charge in [0.05, 0.1) is 6.20 Å². The maximum Gasteiger partial charge on any atom is 0.325 e. The molecule has 24 heavy (non-hydrogen) atoms. The van der Waals surface area contributed by atoms with Gasteiger partial charge >= 0.3 is 6.03 Å². The molecule has 0 aliphatic rings. The Bertz CT molecular complexity index is 860. The van der Waals surface area contributed by atoms with Crippen LogP contribution in [-0.2, 0) is 0 Å². The monoisotopic (exact) mass is 348 g/mol. The highest BCUT2D eigenvalue weighted by Crippen LogP contribution is 2.28. The van der Waals surface area contributed by atoms with E-state index in [9.17, 15) is 4.79 Å². The Kier molecular flexibility index (Phi) is 4.25. The number of carbonyl (C=O) groups excluding carboxylic acids is 1. The van der Waals surface area contributed by atoms with Crippen molar-refractivity contribution in [3.8, 4) is 5.19 Å². The molecule has 0 saturated carbocycles. The minimum atomic E-state index is -0.388. The molecule has 10 nitrogen and oxygen atoms in total. The molecular weight excluding hydrogens is 332 g/mol. The number of nitrogens with zero attached hydrogens (tertiary/aromatic N) is 8. The van der Waals surface area contributed by atoms with Crippen molar-refractivity contribution in [1.29, 1.82) is 0 Å². The second-order valence-electron chi connectivity index (χ2n) is 5.19. The molecule has 0 bridgehead atoms. The summed E-state index contributed by atoms with van der Waals surface area (Å²) < 4.78 is 7.56. The highest BCUT2D eigenvalue weighted by Gasteiger charge is 2.19. The Morgan fingerprint density at radius 1 is 1.29 bits per heavy atom. The molecule has 3 heterocycles. The maximum atomic E-state index is 11.9. The molecule has 0 saturated heterocycles. The summed E-state index contributed by atoms with van der Waals surface area (Å²) >= 11 is 1.19. The summed E-state index contributed by atoms with van der Waals surface area (Å²) in [7, 11) is 4.98. The van der Waals surface area contributed by atoms with Gasteiger partial charge in [-0.25, -0.2) is 19.7 Å². The van der Waals surface area contributed by atoms with Gasteiger partial charge in [-0.2, -0.15) is 0 Å². The quantitative estimate of drug-likeness (QED) is 0.702. The van der Waals surface area contributed by atoms with E-state index in [2.05, 4.69) is 25.1 Å². The number of imidazole rings is 1. The topological polar surface area (TPSA) is 102 Å². The van der Waals surface area contributed by atoms with E-state index in [-0.39, 0.29) is 12.3 Å². The Morgan fingerprint density at radius 3 is 2.83 bits per heavy atom. The zero-order valence-corrected chi connectivity index (χ0v) is 14.4. The lowest BCUT2D eigenvalue weighted by Crippen LogP contribution is -2.36. The number of carbonyl (C=O) groups is 1. The molecule has 0 aromatic carbocycles. The van der Waals surface area contributed by atoms with Crippen molar-refractivity contribution in [2.24, 2.45) is 0 Å². The van der Waals surface area contributed by atoms with Crippen LogP contribution in [0.2, 0.25) is 0 Å². The Morgan fingerprint density at radius 2 is 2.08 bits per heavy atom. The van der Waals surface area contributed by atoms with E-state index in [1.807, 2.05) is 6.92 Å². The minimum absolute atomic E-state index is 0.192. The molecule has 0 aliphatic heterocycles. The summed E-state index contributed by atoms with van der Waals surface area (Å²) in [6.07, 6.45) is 4.34. The van der Waals surface area contributed by atoms with Gasteiger partial charge in [0.25, 0.3) is 5.19 Å². The molecule has 0 radical (unpaired) electrons. The molecule has 1 unspecified atom stereocenters. The lowest BCUT2D eigenvalue weighted by molar-refractivity contribution is 0.154. The smallest absolute Gasteiger partial charge is 0.325 e. The summed E-state index contributed by atoms with van der Waals surface area (Å²) in [6, 6.07) is -0.192. The first-order chi connectivity index (χ1) is 11.5. The predicted octanol–water partition coefficient (Wildman–Crippen LogP) is 1.39. The Labute approximate surface area is 141 Å². The fraction of sp³-hybridized carbons (Fsp3) is 0.385. The van der Waals surface area contributed by atoms with Gasteiger partial charge in [0.15, 0.2) is 11.9 Å². The van der Waals surface area contributed by atoms with Crippen LogP contribution in [-0.4, -0.2) is 61.8 Å². The van der Waals surface area contributed by atoms with Crippen LogP contribution < -0.4 is 9.64 Å². The zero-order valence-electron chi connectivity index (χ0n) is 13.6. The number of fused-ring (bicyclic) bond motifs is 1. The van der Waals surface area contributed by atoms with Crippen LogP contribution in [0.1, 0.15) is 13.2 Å². The lowest BCUT2D eigenvalue weighted by Gasteiger charge is -2.18. The molecule has 0 spiro atoms. The molecule has 1 atom stereocenters. The number of aromatic nitrogens is 6. The van der Waals surface area contributed by atoms with Gasteiger partial charge in [0.1, 0.15) is 18.2 Å². The molecule has 11 heteroatoms. The molecule has 0 N–H and O–H groups in total. The third kappa shape index (κ3) is 2.97. The fourth-order valence-electron chi connectivity index (χ4n) is 2.02. The summed E-state index contributed by atoms with van der Waals surface area (Å²) in [5.74, 6) is 0. The highest BCUT2D eigenvalue weighted by molar-refractivity contribution is 7.17. The average Bonchev–Trinajstić information content (AvgIpc) is 3.20. The van der Waals surface area contributed by atoms with Crippen molar-refractivity contribution in [2.75, 3.05) is 26.0 Å². The Balaban J connectivity index is 1.76. The van der Waals surface area contributed by atoms with E-state index < -0.39 is 0 Å². The predicted molar refractivity (Wildman–Crippen MR) is 88.1 cm³/mol. The minimum Gasteiger partial charge on any atom is -0.445 e. The second kappa shape index (κ2) is 6.35. The van der Waals surface area contributed by atoms with Crippen LogP contribution >= 0.6 is 11.3 Å². The summed E-state index contributed by atoms with van der Waals surface area (Å²) in [6.45, 7) is 1.85. The first kappa shape index (κ1) is 16.1. The zero-order chi connectivity index (χ0) is 17.3. The van der Waals surface area contributed by atoms with E-state index in [0.29, 0.717) is 21.5 Å². The number of amides is 2. The van der Waals surface area contributed by atoms with Crippen LogP contribution in [0.25, 0.3) is 11.2 Å². The van der Waals surface area contributed by atoms with Gasteiger partial charge < -0.3 is 9.64 Å².